The van der Waals surface area contributed by atoms with Gasteiger partial charge in [-0.15, -0.1) is 11.3 Å². The van der Waals surface area contributed by atoms with E-state index < -0.39 is 0 Å². The van der Waals surface area contributed by atoms with E-state index in [1.807, 2.05) is 18.2 Å². The van der Waals surface area contributed by atoms with Gasteiger partial charge in [-0.2, -0.15) is 10.5 Å². The van der Waals surface area contributed by atoms with Crippen molar-refractivity contribution in [3.63, 3.8) is 0 Å². The maximum atomic E-state index is 12.9. The number of hydrogen-bond acceptors (Lipinski definition) is 4. The Morgan fingerprint density at radius 1 is 0.337 bits per heavy atom. The highest BCUT2D eigenvalue weighted by Crippen LogP contribution is 2.52. The van der Waals surface area contributed by atoms with E-state index in [0.717, 1.165) is 140 Å². The van der Waals surface area contributed by atoms with Gasteiger partial charge in [-0.05, 0) is 84.8 Å². The second-order valence-electron chi connectivity index (χ2n) is 21.8. The molecule has 384 valence electrons. The zero-order valence-electron chi connectivity index (χ0n) is 44.5. The van der Waals surface area contributed by atoms with Crippen LogP contribution in [0.25, 0.3) is 163 Å². The van der Waals surface area contributed by atoms with Crippen LogP contribution in [0, 0.1) is 29.6 Å². The van der Waals surface area contributed by atoms with Crippen molar-refractivity contribution in [3.05, 3.63) is 253 Å². The van der Waals surface area contributed by atoms with Crippen LogP contribution in [0.5, 0.6) is 0 Å². The van der Waals surface area contributed by atoms with Crippen molar-refractivity contribution in [2.45, 2.75) is 6.92 Å². The smallest absolute Gasteiger partial charge is 0.160 e. The van der Waals surface area contributed by atoms with Gasteiger partial charge in [-0.3, -0.25) is 0 Å². The van der Waals surface area contributed by atoms with Gasteiger partial charge in [0.15, 0.2) is 5.58 Å². The summed E-state index contributed by atoms with van der Waals surface area (Å²) in [6.45, 7) is 2.13. The van der Waals surface area contributed by atoms with Crippen molar-refractivity contribution in [2.75, 3.05) is 0 Å². The van der Waals surface area contributed by atoms with Gasteiger partial charge in [0.2, 0.25) is 0 Å². The number of fused-ring (bicyclic) bond motifs is 20. The lowest BCUT2D eigenvalue weighted by molar-refractivity contribution is 0.671. The first kappa shape index (κ1) is 45.7. The third kappa shape index (κ3) is 6.09. The molecule has 6 aromatic heterocycles. The monoisotopic (exact) mass is 1070 g/mol. The molecule has 0 atom stereocenters. The molecule has 0 amide bonds. The van der Waals surface area contributed by atoms with E-state index in [4.69, 9.17) is 4.42 Å². The Morgan fingerprint density at radius 3 is 1.42 bits per heavy atom. The molecule has 0 aliphatic rings. The summed E-state index contributed by atoms with van der Waals surface area (Å²) in [4.78, 5) is 0. The van der Waals surface area contributed by atoms with Crippen molar-refractivity contribution in [3.8, 4) is 46.0 Å². The Bertz CT molecular complexity index is 5730. The van der Waals surface area contributed by atoms with Crippen LogP contribution in [-0.2, 0) is 0 Å². The SMILES string of the molecule is Cc1ccc2c(c1)c1ccc3c4ccccc4sc3c1n2-c1c(C#N)c(-n2c3ccccc3c3ccccc32)c(-n2c3ccc(-c4ccccc4)cc3c3ccc4c5ccccc5oc4c32)c(-n2c3ccccc3c3ccccc32)c1C#N. The minimum atomic E-state index is 0.345. The standard InChI is InChI=1S/C75H42N6OS/c1-43-31-37-64-56(39-43)53-34-36-55-51-24-10-16-30-67(51)83-75(55)72(53)80(64)68-58(41-76)69(78-60-25-11-5-19-46(60)47-20-6-12-26-61(47)78)73(70(59(68)42-77)79-62-27-13-7-21-48(62)49-22-8-14-28-63(49)79)81-65-38-32-45(44-17-3-2-4-18-44)40-57(65)52-33-35-54-50-23-9-15-29-66(50)82-74(54)71(52)81/h2-40H,1H3. The molecule has 8 heteroatoms. The van der Waals surface area contributed by atoms with Crippen LogP contribution >= 0.6 is 11.3 Å². The minimum Gasteiger partial charge on any atom is -0.454 e. The van der Waals surface area contributed by atoms with E-state index >= 15 is 0 Å². The molecule has 0 aliphatic carbocycles. The number of aryl methyl sites for hydroxylation is 1. The molecule has 0 aliphatic heterocycles. The molecule has 0 unspecified atom stereocenters. The Kier molecular flexibility index (Phi) is 9.32. The third-order valence-corrected chi connectivity index (χ3v) is 18.7. The van der Waals surface area contributed by atoms with Crippen LogP contribution in [0.2, 0.25) is 0 Å². The van der Waals surface area contributed by atoms with Crippen molar-refractivity contribution in [1.29, 1.82) is 10.5 Å². The lowest BCUT2D eigenvalue weighted by Gasteiger charge is -2.27. The van der Waals surface area contributed by atoms with Gasteiger partial charge in [-0.1, -0.05) is 175 Å². The first-order valence-corrected chi connectivity index (χ1v) is 28.7. The summed E-state index contributed by atoms with van der Waals surface area (Å²) < 4.78 is 18.7. The molecule has 0 bridgehead atoms. The molecule has 0 radical (unpaired) electrons. The maximum Gasteiger partial charge on any atom is 0.160 e. The number of nitrogens with zero attached hydrogens (tertiary/aromatic N) is 6. The van der Waals surface area contributed by atoms with Gasteiger partial charge in [0.25, 0.3) is 0 Å². The van der Waals surface area contributed by atoms with Crippen LogP contribution in [-0.4, -0.2) is 18.3 Å². The predicted octanol–water partition coefficient (Wildman–Crippen LogP) is 20.1. The molecule has 0 saturated carbocycles. The molecule has 83 heavy (non-hydrogen) atoms. The summed E-state index contributed by atoms with van der Waals surface area (Å²) in [5, 5.41) is 38.2. The quantitative estimate of drug-likeness (QED) is 0.172. The number of furan rings is 1. The second kappa shape index (κ2) is 16.9. The van der Waals surface area contributed by atoms with Crippen LogP contribution in [0.3, 0.4) is 0 Å². The number of rotatable bonds is 5. The molecule has 0 N–H and O–H groups in total. The summed E-state index contributed by atoms with van der Waals surface area (Å²) in [7, 11) is 0. The van der Waals surface area contributed by atoms with Gasteiger partial charge in [-0.25, -0.2) is 0 Å². The summed E-state index contributed by atoms with van der Waals surface area (Å²) in [6, 6.07) is 89.5. The van der Waals surface area contributed by atoms with E-state index in [2.05, 4.69) is 256 Å². The van der Waals surface area contributed by atoms with Gasteiger partial charge in [0, 0.05) is 69.3 Å². The third-order valence-electron chi connectivity index (χ3n) is 17.5. The Morgan fingerprint density at radius 2 is 0.807 bits per heavy atom. The second-order valence-corrected chi connectivity index (χ2v) is 22.8. The molecule has 0 fully saturated rings. The Balaban J connectivity index is 1.17. The Hall–Kier alpha value is -11.2. The number of thiophene rings is 1. The molecular formula is C75H42N6OS. The summed E-state index contributed by atoms with van der Waals surface area (Å²) in [5.41, 5.74) is 15.1. The fraction of sp³-hybridized carbons (Fsp3) is 0.0133. The van der Waals surface area contributed by atoms with Gasteiger partial charge < -0.3 is 22.7 Å². The van der Waals surface area contributed by atoms with Crippen molar-refractivity contribution >= 4 is 141 Å². The van der Waals surface area contributed by atoms with E-state index in [1.54, 1.807) is 11.3 Å². The highest BCUT2D eigenvalue weighted by atomic mass is 32.1. The van der Waals surface area contributed by atoms with Crippen molar-refractivity contribution in [1.82, 2.24) is 18.3 Å². The van der Waals surface area contributed by atoms with Gasteiger partial charge in [0.1, 0.15) is 28.8 Å². The summed E-state index contributed by atoms with van der Waals surface area (Å²) >= 11 is 1.75. The first-order chi connectivity index (χ1) is 41.1. The lowest BCUT2D eigenvalue weighted by atomic mass is 9.98. The average molecular weight is 1080 g/mol. The number of aromatic nitrogens is 4. The zero-order valence-corrected chi connectivity index (χ0v) is 45.3. The van der Waals surface area contributed by atoms with E-state index in [1.165, 1.54) is 0 Å². The number of para-hydroxylation sites is 5. The highest BCUT2D eigenvalue weighted by Gasteiger charge is 2.36. The molecule has 18 rings (SSSR count). The lowest BCUT2D eigenvalue weighted by Crippen LogP contribution is -2.17. The number of hydrogen-bond donors (Lipinski definition) is 0. The molecular weight excluding hydrogens is 1030 g/mol. The Labute approximate surface area is 477 Å². The van der Waals surface area contributed by atoms with Crippen LogP contribution < -0.4 is 0 Å². The molecule has 6 heterocycles. The van der Waals surface area contributed by atoms with E-state index in [0.29, 0.717) is 39.5 Å². The van der Waals surface area contributed by atoms with Gasteiger partial charge >= 0.3 is 0 Å². The maximum absolute atomic E-state index is 12.9. The predicted molar refractivity (Wildman–Crippen MR) is 344 cm³/mol. The average Bonchev–Trinajstić information content (AvgIpc) is 2.28. The van der Waals surface area contributed by atoms with Gasteiger partial charge in [0.05, 0.1) is 71.6 Å². The molecule has 18 aromatic rings. The summed E-state index contributed by atoms with van der Waals surface area (Å²) in [6.07, 6.45) is 0. The fourth-order valence-corrected chi connectivity index (χ4v) is 15.3. The van der Waals surface area contributed by atoms with Crippen LogP contribution in [0.4, 0.5) is 0 Å². The summed E-state index contributed by atoms with van der Waals surface area (Å²) in [5.74, 6) is 0. The first-order valence-electron chi connectivity index (χ1n) is 27.9. The van der Waals surface area contributed by atoms with E-state index in [-0.39, 0.29) is 0 Å². The molecule has 7 nitrogen and oxygen atoms in total. The molecule has 0 spiro atoms. The minimum absolute atomic E-state index is 0.345. The number of nitriles is 2. The number of benzene rings is 12. The van der Waals surface area contributed by atoms with Crippen molar-refractivity contribution in [2.24, 2.45) is 0 Å². The highest BCUT2D eigenvalue weighted by molar-refractivity contribution is 7.26. The van der Waals surface area contributed by atoms with Crippen LogP contribution in [0.1, 0.15) is 16.7 Å². The van der Waals surface area contributed by atoms with E-state index in [9.17, 15) is 10.5 Å². The topological polar surface area (TPSA) is 80.4 Å². The molecule has 12 aromatic carbocycles. The van der Waals surface area contributed by atoms with Crippen LogP contribution in [0.15, 0.2) is 241 Å². The molecule has 0 saturated heterocycles. The zero-order chi connectivity index (χ0) is 54.8. The normalized spacial score (nSPS) is 12.1. The fourth-order valence-electron chi connectivity index (χ4n) is 14.1. The largest absolute Gasteiger partial charge is 0.454 e. The van der Waals surface area contributed by atoms with Crippen molar-refractivity contribution < 1.29 is 4.42 Å².